The van der Waals surface area contributed by atoms with E-state index in [4.69, 9.17) is 4.98 Å². The van der Waals surface area contributed by atoms with Crippen LogP contribution in [0.15, 0.2) is 5.38 Å². The van der Waals surface area contributed by atoms with Crippen LogP contribution in [0.25, 0.3) is 0 Å². The lowest BCUT2D eigenvalue weighted by Gasteiger charge is -2.18. The van der Waals surface area contributed by atoms with Crippen molar-refractivity contribution in [1.29, 1.82) is 0 Å². The van der Waals surface area contributed by atoms with E-state index >= 15 is 0 Å². The number of nitrogens with zero attached hydrogens (tertiary/aromatic N) is 2. The van der Waals surface area contributed by atoms with Crippen LogP contribution in [0.3, 0.4) is 0 Å². The first-order valence-corrected chi connectivity index (χ1v) is 7.53. The van der Waals surface area contributed by atoms with Crippen molar-refractivity contribution in [1.82, 2.24) is 10.3 Å². The number of hydrogen-bond acceptors (Lipinski definition) is 4. The lowest BCUT2D eigenvalue weighted by atomic mass is 10.3. The van der Waals surface area contributed by atoms with E-state index in [0.29, 0.717) is 6.04 Å². The van der Waals surface area contributed by atoms with Gasteiger partial charge in [0.05, 0.1) is 5.69 Å². The molecular formula is C13H23N3S. The summed E-state index contributed by atoms with van der Waals surface area (Å²) in [7, 11) is 0. The predicted octanol–water partition coefficient (Wildman–Crippen LogP) is 2.67. The smallest absolute Gasteiger partial charge is 0.185 e. The zero-order valence-corrected chi connectivity index (χ0v) is 11.9. The van der Waals surface area contributed by atoms with Gasteiger partial charge in [-0.1, -0.05) is 13.8 Å². The van der Waals surface area contributed by atoms with Crippen LogP contribution in [-0.2, 0) is 6.42 Å². The maximum Gasteiger partial charge on any atom is 0.185 e. The summed E-state index contributed by atoms with van der Waals surface area (Å²) in [6, 6.07) is 1.33. The normalized spacial score (nSPS) is 15.5. The first-order valence-electron chi connectivity index (χ1n) is 6.65. The Balaban J connectivity index is 1.86. The van der Waals surface area contributed by atoms with Crippen LogP contribution < -0.4 is 10.2 Å². The van der Waals surface area contributed by atoms with Crippen molar-refractivity contribution in [2.45, 2.75) is 52.1 Å². The van der Waals surface area contributed by atoms with Gasteiger partial charge in [-0.3, -0.25) is 0 Å². The highest BCUT2D eigenvalue weighted by Gasteiger charge is 2.29. The van der Waals surface area contributed by atoms with E-state index in [0.717, 1.165) is 25.6 Å². The zero-order chi connectivity index (χ0) is 12.3. The molecule has 0 aromatic carbocycles. The van der Waals surface area contributed by atoms with E-state index in [-0.39, 0.29) is 0 Å². The molecule has 1 aromatic heterocycles. The lowest BCUT2D eigenvalue weighted by Crippen LogP contribution is -2.26. The molecule has 2 rings (SSSR count). The van der Waals surface area contributed by atoms with Crippen LogP contribution >= 0.6 is 11.3 Å². The summed E-state index contributed by atoms with van der Waals surface area (Å²) in [5.41, 5.74) is 1.23. The van der Waals surface area contributed by atoms with Crippen molar-refractivity contribution in [3.05, 3.63) is 11.1 Å². The van der Waals surface area contributed by atoms with Crippen molar-refractivity contribution in [3.8, 4) is 0 Å². The highest BCUT2D eigenvalue weighted by molar-refractivity contribution is 7.13. The molecule has 1 fully saturated rings. The summed E-state index contributed by atoms with van der Waals surface area (Å²) in [6.07, 6.45) is 3.73. The molecule has 0 unspecified atom stereocenters. The molecule has 0 bridgehead atoms. The Labute approximate surface area is 108 Å². The Bertz CT molecular complexity index is 344. The Morgan fingerprint density at radius 3 is 2.88 bits per heavy atom. The van der Waals surface area contributed by atoms with Crippen molar-refractivity contribution < 1.29 is 0 Å². The Kier molecular flexibility index (Phi) is 4.40. The second-order valence-corrected chi connectivity index (χ2v) is 5.83. The minimum atomic E-state index is 0.562. The van der Waals surface area contributed by atoms with Gasteiger partial charge in [0.2, 0.25) is 0 Å². The Morgan fingerprint density at radius 1 is 1.53 bits per heavy atom. The van der Waals surface area contributed by atoms with E-state index in [1.165, 1.54) is 23.7 Å². The second-order valence-electron chi connectivity index (χ2n) is 5.00. The number of anilines is 1. The fourth-order valence-corrected chi connectivity index (χ4v) is 2.96. The van der Waals surface area contributed by atoms with Gasteiger partial charge in [0.25, 0.3) is 0 Å². The van der Waals surface area contributed by atoms with Crippen molar-refractivity contribution in [3.63, 3.8) is 0 Å². The summed E-state index contributed by atoms with van der Waals surface area (Å²) in [5, 5.41) is 6.86. The average molecular weight is 253 g/mol. The van der Waals surface area contributed by atoms with Crippen molar-refractivity contribution in [2.75, 3.05) is 18.0 Å². The SMILES string of the molecule is CCN(c1nc(CCNC(C)C)cs1)C1CC1. The number of nitrogens with one attached hydrogen (secondary N) is 1. The standard InChI is InChI=1S/C13H23N3S/c1-4-16(12-5-6-12)13-15-11(9-17-13)7-8-14-10(2)3/h9-10,12,14H,4-8H2,1-3H3. The van der Waals surface area contributed by atoms with Crippen LogP contribution in [0.5, 0.6) is 0 Å². The molecule has 1 aliphatic carbocycles. The Hall–Kier alpha value is -0.610. The maximum absolute atomic E-state index is 4.74. The Morgan fingerprint density at radius 2 is 2.29 bits per heavy atom. The number of aromatic nitrogens is 1. The van der Waals surface area contributed by atoms with Crippen molar-refractivity contribution >= 4 is 16.5 Å². The molecule has 1 N–H and O–H groups in total. The largest absolute Gasteiger partial charge is 0.345 e. The fraction of sp³-hybridized carbons (Fsp3) is 0.769. The number of hydrogen-bond donors (Lipinski definition) is 1. The van der Waals surface area contributed by atoms with E-state index in [9.17, 15) is 0 Å². The first kappa shape index (κ1) is 12.8. The summed E-state index contributed by atoms with van der Waals surface area (Å²) in [5.74, 6) is 0. The quantitative estimate of drug-likeness (QED) is 0.810. The van der Waals surface area contributed by atoms with Gasteiger partial charge in [-0.2, -0.15) is 0 Å². The van der Waals surface area contributed by atoms with Gasteiger partial charge in [0.1, 0.15) is 0 Å². The molecule has 1 aromatic rings. The molecule has 4 heteroatoms. The van der Waals surface area contributed by atoms with Crippen LogP contribution in [0, 0.1) is 0 Å². The fourth-order valence-electron chi connectivity index (χ4n) is 1.97. The molecule has 0 saturated heterocycles. The zero-order valence-electron chi connectivity index (χ0n) is 11.1. The summed E-state index contributed by atoms with van der Waals surface area (Å²) in [6.45, 7) is 8.69. The topological polar surface area (TPSA) is 28.2 Å². The van der Waals surface area contributed by atoms with Gasteiger partial charge in [0, 0.05) is 37.0 Å². The lowest BCUT2D eigenvalue weighted by molar-refractivity contribution is 0.587. The molecular weight excluding hydrogens is 230 g/mol. The van der Waals surface area contributed by atoms with Crippen LogP contribution in [0.2, 0.25) is 0 Å². The van der Waals surface area contributed by atoms with Crippen LogP contribution in [-0.4, -0.2) is 30.2 Å². The van der Waals surface area contributed by atoms with Crippen molar-refractivity contribution in [2.24, 2.45) is 0 Å². The second kappa shape index (κ2) is 5.83. The summed E-state index contributed by atoms with van der Waals surface area (Å²) in [4.78, 5) is 7.19. The molecule has 0 atom stereocenters. The first-order chi connectivity index (χ1) is 8.20. The van der Waals surface area contributed by atoms with E-state index in [1.807, 2.05) is 0 Å². The number of thiazole rings is 1. The van der Waals surface area contributed by atoms with Crippen LogP contribution in [0.1, 0.15) is 39.3 Å². The van der Waals surface area contributed by atoms with Gasteiger partial charge in [0.15, 0.2) is 5.13 Å². The molecule has 17 heavy (non-hydrogen) atoms. The monoisotopic (exact) mass is 253 g/mol. The summed E-state index contributed by atoms with van der Waals surface area (Å²) >= 11 is 1.80. The minimum Gasteiger partial charge on any atom is -0.345 e. The van der Waals surface area contributed by atoms with E-state index < -0.39 is 0 Å². The third kappa shape index (κ3) is 3.68. The minimum absolute atomic E-state index is 0.562. The molecule has 1 aliphatic rings. The third-order valence-corrected chi connectivity index (χ3v) is 3.97. The highest BCUT2D eigenvalue weighted by atomic mass is 32.1. The van der Waals surface area contributed by atoms with Gasteiger partial charge < -0.3 is 10.2 Å². The van der Waals surface area contributed by atoms with Crippen LogP contribution in [0.4, 0.5) is 5.13 Å². The molecule has 0 amide bonds. The van der Waals surface area contributed by atoms with Gasteiger partial charge >= 0.3 is 0 Å². The average Bonchev–Trinajstić information content (AvgIpc) is 3.00. The third-order valence-electron chi connectivity index (χ3n) is 3.05. The molecule has 3 nitrogen and oxygen atoms in total. The molecule has 0 spiro atoms. The summed E-state index contributed by atoms with van der Waals surface area (Å²) < 4.78 is 0. The molecule has 96 valence electrons. The predicted molar refractivity (Wildman–Crippen MR) is 75.0 cm³/mol. The molecule has 0 aliphatic heterocycles. The van der Waals surface area contributed by atoms with E-state index in [1.54, 1.807) is 11.3 Å². The van der Waals surface area contributed by atoms with E-state index in [2.05, 4.69) is 36.4 Å². The van der Waals surface area contributed by atoms with Gasteiger partial charge in [-0.15, -0.1) is 11.3 Å². The maximum atomic E-state index is 4.74. The molecule has 1 heterocycles. The molecule has 1 saturated carbocycles. The van der Waals surface area contributed by atoms with Gasteiger partial charge in [-0.25, -0.2) is 4.98 Å². The highest BCUT2D eigenvalue weighted by Crippen LogP contribution is 2.33. The molecule has 0 radical (unpaired) electrons. The number of rotatable bonds is 7. The van der Waals surface area contributed by atoms with Gasteiger partial charge in [-0.05, 0) is 19.8 Å².